The zero-order valence-electron chi connectivity index (χ0n) is 10.4. The first-order valence-electron chi connectivity index (χ1n) is 6.56. The predicted molar refractivity (Wildman–Crippen MR) is 69.3 cm³/mol. The number of nitrogens with one attached hydrogen (secondary N) is 1. The van der Waals surface area contributed by atoms with Crippen molar-refractivity contribution in [3.63, 3.8) is 0 Å². The van der Waals surface area contributed by atoms with Crippen LogP contribution in [0.3, 0.4) is 0 Å². The minimum Gasteiger partial charge on any atom is -0.370 e. The van der Waals surface area contributed by atoms with E-state index in [-0.39, 0.29) is 11.7 Å². The molecule has 0 radical (unpaired) electrons. The summed E-state index contributed by atoms with van der Waals surface area (Å²) in [4.78, 5) is 16.7. The van der Waals surface area contributed by atoms with Gasteiger partial charge >= 0.3 is 0 Å². The van der Waals surface area contributed by atoms with Crippen molar-refractivity contribution in [2.45, 2.75) is 39.0 Å². The van der Waals surface area contributed by atoms with E-state index >= 15 is 0 Å². The molecule has 3 nitrogen and oxygen atoms in total. The Balaban J connectivity index is 2.17. The first-order chi connectivity index (χ1) is 8.33. The summed E-state index contributed by atoms with van der Waals surface area (Å²) in [5.74, 6) is 1.23. The van der Waals surface area contributed by atoms with Crippen LogP contribution in [0.4, 0.5) is 5.82 Å². The van der Waals surface area contributed by atoms with Crippen LogP contribution < -0.4 is 5.32 Å². The number of hydrogen-bond acceptors (Lipinski definition) is 3. The molecule has 1 heterocycles. The van der Waals surface area contributed by atoms with Crippen LogP contribution in [0.15, 0.2) is 18.3 Å². The second-order valence-electron chi connectivity index (χ2n) is 4.63. The van der Waals surface area contributed by atoms with Crippen molar-refractivity contribution in [1.82, 2.24) is 4.98 Å². The standard InChI is InChI=1S/C14H20N2O/c1-2-15-14-12(9-6-10-16-14)13(17)11-7-4-3-5-8-11/h6,9-11H,2-5,7-8H2,1H3,(H,15,16). The fourth-order valence-electron chi connectivity index (χ4n) is 2.50. The fourth-order valence-corrected chi connectivity index (χ4v) is 2.50. The van der Waals surface area contributed by atoms with Gasteiger partial charge in [0.15, 0.2) is 5.78 Å². The van der Waals surface area contributed by atoms with Gasteiger partial charge in [0.2, 0.25) is 0 Å². The zero-order chi connectivity index (χ0) is 12.1. The number of rotatable bonds is 4. The molecule has 3 heteroatoms. The van der Waals surface area contributed by atoms with Gasteiger partial charge in [0.25, 0.3) is 0 Å². The van der Waals surface area contributed by atoms with E-state index in [1.54, 1.807) is 6.20 Å². The maximum absolute atomic E-state index is 12.4. The van der Waals surface area contributed by atoms with Gasteiger partial charge in [0.05, 0.1) is 5.56 Å². The van der Waals surface area contributed by atoms with E-state index in [1.165, 1.54) is 19.3 Å². The van der Waals surface area contributed by atoms with Crippen LogP contribution in [0, 0.1) is 5.92 Å². The van der Waals surface area contributed by atoms with Gasteiger partial charge in [0, 0.05) is 18.7 Å². The first kappa shape index (κ1) is 12.1. The van der Waals surface area contributed by atoms with Crippen molar-refractivity contribution in [2.75, 3.05) is 11.9 Å². The SMILES string of the molecule is CCNc1ncccc1C(=O)C1CCCCC1. The van der Waals surface area contributed by atoms with E-state index < -0.39 is 0 Å². The number of ketones is 1. The Bertz CT molecular complexity index is 384. The molecule has 1 aromatic heterocycles. The van der Waals surface area contributed by atoms with Crippen LogP contribution in [-0.4, -0.2) is 17.3 Å². The third-order valence-electron chi connectivity index (χ3n) is 3.39. The van der Waals surface area contributed by atoms with Gasteiger partial charge in [-0.05, 0) is 31.9 Å². The highest BCUT2D eigenvalue weighted by atomic mass is 16.1. The molecule has 1 aliphatic rings. The number of carbonyl (C=O) groups excluding carboxylic acids is 1. The minimum atomic E-state index is 0.213. The van der Waals surface area contributed by atoms with Gasteiger partial charge in [-0.15, -0.1) is 0 Å². The number of anilines is 1. The third-order valence-corrected chi connectivity index (χ3v) is 3.39. The Morgan fingerprint density at radius 1 is 1.41 bits per heavy atom. The summed E-state index contributed by atoms with van der Waals surface area (Å²) < 4.78 is 0. The zero-order valence-corrected chi connectivity index (χ0v) is 10.4. The van der Waals surface area contributed by atoms with Gasteiger partial charge in [-0.2, -0.15) is 0 Å². The second-order valence-corrected chi connectivity index (χ2v) is 4.63. The Morgan fingerprint density at radius 2 is 2.18 bits per heavy atom. The van der Waals surface area contributed by atoms with Gasteiger partial charge < -0.3 is 5.32 Å². The molecular formula is C14H20N2O. The minimum absolute atomic E-state index is 0.213. The van der Waals surface area contributed by atoms with Crippen LogP contribution in [-0.2, 0) is 0 Å². The number of hydrogen-bond donors (Lipinski definition) is 1. The van der Waals surface area contributed by atoms with Crippen molar-refractivity contribution < 1.29 is 4.79 Å². The van der Waals surface area contributed by atoms with E-state index in [4.69, 9.17) is 0 Å². The van der Waals surface area contributed by atoms with Gasteiger partial charge in [-0.25, -0.2) is 4.98 Å². The van der Waals surface area contributed by atoms with Gasteiger partial charge in [-0.1, -0.05) is 19.3 Å². The average molecular weight is 232 g/mol. The molecule has 92 valence electrons. The highest BCUT2D eigenvalue weighted by Gasteiger charge is 2.24. The van der Waals surface area contributed by atoms with E-state index in [0.29, 0.717) is 0 Å². The van der Waals surface area contributed by atoms with Crippen molar-refractivity contribution >= 4 is 11.6 Å². The lowest BCUT2D eigenvalue weighted by molar-refractivity contribution is 0.0890. The van der Waals surface area contributed by atoms with E-state index in [9.17, 15) is 4.79 Å². The summed E-state index contributed by atoms with van der Waals surface area (Å²) >= 11 is 0. The smallest absolute Gasteiger partial charge is 0.169 e. The summed E-state index contributed by atoms with van der Waals surface area (Å²) in [7, 11) is 0. The molecule has 0 aliphatic heterocycles. The maximum Gasteiger partial charge on any atom is 0.169 e. The largest absolute Gasteiger partial charge is 0.370 e. The highest BCUT2D eigenvalue weighted by molar-refractivity contribution is 6.01. The Kier molecular flexibility index (Phi) is 4.13. The molecule has 1 N–H and O–H groups in total. The summed E-state index contributed by atoms with van der Waals surface area (Å²) in [6.07, 6.45) is 7.46. The normalized spacial score (nSPS) is 16.8. The van der Waals surface area contributed by atoms with Crippen LogP contribution in [0.2, 0.25) is 0 Å². The molecular weight excluding hydrogens is 212 g/mol. The maximum atomic E-state index is 12.4. The van der Waals surface area contributed by atoms with Crippen molar-refractivity contribution in [1.29, 1.82) is 0 Å². The van der Waals surface area contributed by atoms with Gasteiger partial charge in [0.1, 0.15) is 5.82 Å². The van der Waals surface area contributed by atoms with E-state index in [0.717, 1.165) is 30.8 Å². The van der Waals surface area contributed by atoms with Crippen molar-refractivity contribution in [3.8, 4) is 0 Å². The van der Waals surface area contributed by atoms with Crippen LogP contribution >= 0.6 is 0 Å². The lowest BCUT2D eigenvalue weighted by Gasteiger charge is -2.21. The van der Waals surface area contributed by atoms with Crippen molar-refractivity contribution in [3.05, 3.63) is 23.9 Å². The summed E-state index contributed by atoms with van der Waals surface area (Å²) in [5, 5.41) is 3.16. The summed E-state index contributed by atoms with van der Waals surface area (Å²) in [6, 6.07) is 3.73. The third kappa shape index (κ3) is 2.84. The predicted octanol–water partition coefficient (Wildman–Crippen LogP) is 3.28. The molecule has 0 unspecified atom stereocenters. The molecule has 0 amide bonds. The van der Waals surface area contributed by atoms with Crippen LogP contribution in [0.25, 0.3) is 0 Å². The summed E-state index contributed by atoms with van der Waals surface area (Å²) in [5.41, 5.74) is 0.765. The average Bonchev–Trinajstić information content (AvgIpc) is 2.40. The molecule has 1 aromatic rings. The molecule has 1 aliphatic carbocycles. The number of carbonyl (C=O) groups is 1. The molecule has 0 atom stereocenters. The molecule has 0 saturated heterocycles. The molecule has 1 fully saturated rings. The van der Waals surface area contributed by atoms with Gasteiger partial charge in [-0.3, -0.25) is 4.79 Å². The van der Waals surface area contributed by atoms with E-state index in [1.807, 2.05) is 19.1 Å². The number of nitrogens with zero attached hydrogens (tertiary/aromatic N) is 1. The lowest BCUT2D eigenvalue weighted by atomic mass is 9.84. The van der Waals surface area contributed by atoms with Crippen LogP contribution in [0.1, 0.15) is 49.4 Å². The first-order valence-corrected chi connectivity index (χ1v) is 6.56. The topological polar surface area (TPSA) is 42.0 Å². The lowest BCUT2D eigenvalue weighted by Crippen LogP contribution is -2.19. The molecule has 0 bridgehead atoms. The second kappa shape index (κ2) is 5.80. The Morgan fingerprint density at radius 3 is 2.88 bits per heavy atom. The fraction of sp³-hybridized carbons (Fsp3) is 0.571. The Labute approximate surface area is 103 Å². The summed E-state index contributed by atoms with van der Waals surface area (Å²) in [6.45, 7) is 2.81. The molecule has 17 heavy (non-hydrogen) atoms. The number of pyridine rings is 1. The Hall–Kier alpha value is -1.38. The molecule has 0 aromatic carbocycles. The van der Waals surface area contributed by atoms with Crippen LogP contribution in [0.5, 0.6) is 0 Å². The molecule has 2 rings (SSSR count). The number of aromatic nitrogens is 1. The quantitative estimate of drug-likeness (QED) is 0.810. The number of Topliss-reactive ketones (excluding diaryl/α,β-unsaturated/α-hetero) is 1. The van der Waals surface area contributed by atoms with E-state index in [2.05, 4.69) is 10.3 Å². The molecule has 1 saturated carbocycles. The monoisotopic (exact) mass is 232 g/mol. The molecule has 0 spiro atoms. The van der Waals surface area contributed by atoms with Crippen molar-refractivity contribution in [2.24, 2.45) is 5.92 Å². The highest BCUT2D eigenvalue weighted by Crippen LogP contribution is 2.28.